The van der Waals surface area contributed by atoms with E-state index < -0.39 is 0 Å². The normalized spacial score (nSPS) is 16.7. The Balaban J connectivity index is 1.99. The van der Waals surface area contributed by atoms with Gasteiger partial charge in [0.05, 0.1) is 0 Å². The monoisotopic (exact) mass is 263 g/mol. The standard InChI is InChI=1S/C14H25N5/c1-3-18(2)13-10-14(17-11-16-13)19-8-5-12(4-7-15)6-9-19/h10-12H,3-9,15H2,1-2H3. The fraction of sp³-hybridized carbons (Fsp3) is 0.714. The van der Waals surface area contributed by atoms with Crippen molar-refractivity contribution in [2.75, 3.05) is 43.0 Å². The molecule has 0 amide bonds. The Labute approximate surface area is 115 Å². The summed E-state index contributed by atoms with van der Waals surface area (Å²) < 4.78 is 0. The van der Waals surface area contributed by atoms with Crippen molar-refractivity contribution in [1.29, 1.82) is 0 Å². The van der Waals surface area contributed by atoms with E-state index in [1.165, 1.54) is 12.8 Å². The predicted octanol–water partition coefficient (Wildman–Crippen LogP) is 1.50. The van der Waals surface area contributed by atoms with Crippen molar-refractivity contribution in [2.45, 2.75) is 26.2 Å². The van der Waals surface area contributed by atoms with Crippen molar-refractivity contribution in [3.05, 3.63) is 12.4 Å². The lowest BCUT2D eigenvalue weighted by Crippen LogP contribution is -2.35. The lowest BCUT2D eigenvalue weighted by molar-refractivity contribution is 0.385. The Morgan fingerprint density at radius 3 is 2.74 bits per heavy atom. The van der Waals surface area contributed by atoms with Gasteiger partial charge in [-0.05, 0) is 38.6 Å². The van der Waals surface area contributed by atoms with E-state index >= 15 is 0 Å². The molecule has 1 aliphatic rings. The minimum absolute atomic E-state index is 0.792. The Kier molecular flexibility index (Phi) is 4.96. The highest BCUT2D eigenvalue weighted by molar-refractivity contribution is 5.49. The fourth-order valence-electron chi connectivity index (χ4n) is 2.57. The van der Waals surface area contributed by atoms with Crippen molar-refractivity contribution < 1.29 is 0 Å². The Hall–Kier alpha value is -1.36. The van der Waals surface area contributed by atoms with Crippen molar-refractivity contribution in [3.8, 4) is 0 Å². The average molecular weight is 263 g/mol. The van der Waals surface area contributed by atoms with Crippen LogP contribution in [0.3, 0.4) is 0 Å². The molecule has 0 bridgehead atoms. The molecule has 5 heteroatoms. The molecule has 2 N–H and O–H groups in total. The topological polar surface area (TPSA) is 58.3 Å². The van der Waals surface area contributed by atoms with E-state index in [9.17, 15) is 0 Å². The first-order chi connectivity index (χ1) is 9.24. The fourth-order valence-corrected chi connectivity index (χ4v) is 2.57. The predicted molar refractivity (Wildman–Crippen MR) is 79.6 cm³/mol. The summed E-state index contributed by atoms with van der Waals surface area (Å²) in [7, 11) is 2.06. The molecule has 106 valence electrons. The molecule has 1 fully saturated rings. The zero-order chi connectivity index (χ0) is 13.7. The molecule has 0 saturated carbocycles. The second-order valence-electron chi connectivity index (χ2n) is 5.26. The molecule has 0 atom stereocenters. The molecule has 1 aromatic rings. The van der Waals surface area contributed by atoms with Crippen molar-refractivity contribution in [2.24, 2.45) is 11.7 Å². The van der Waals surface area contributed by atoms with E-state index in [1.54, 1.807) is 6.33 Å². The highest BCUT2D eigenvalue weighted by Crippen LogP contribution is 2.24. The molecular formula is C14H25N5. The van der Waals surface area contributed by atoms with E-state index in [0.717, 1.165) is 50.2 Å². The highest BCUT2D eigenvalue weighted by Gasteiger charge is 2.20. The quantitative estimate of drug-likeness (QED) is 0.872. The second-order valence-corrected chi connectivity index (χ2v) is 5.26. The summed E-state index contributed by atoms with van der Waals surface area (Å²) in [6.45, 7) is 6.05. The highest BCUT2D eigenvalue weighted by atomic mass is 15.2. The maximum Gasteiger partial charge on any atom is 0.134 e. The first kappa shape index (κ1) is 14.1. The van der Waals surface area contributed by atoms with Gasteiger partial charge in [0.25, 0.3) is 0 Å². The molecule has 1 aromatic heterocycles. The number of rotatable bonds is 5. The van der Waals surface area contributed by atoms with Crippen molar-refractivity contribution >= 4 is 11.6 Å². The largest absolute Gasteiger partial charge is 0.360 e. The van der Waals surface area contributed by atoms with E-state index in [1.807, 2.05) is 0 Å². The van der Waals surface area contributed by atoms with Crippen LogP contribution in [-0.2, 0) is 0 Å². The zero-order valence-corrected chi connectivity index (χ0v) is 12.0. The Morgan fingerprint density at radius 2 is 2.11 bits per heavy atom. The van der Waals surface area contributed by atoms with Crippen LogP contribution in [0.5, 0.6) is 0 Å². The minimum atomic E-state index is 0.792. The first-order valence-electron chi connectivity index (χ1n) is 7.22. The number of aromatic nitrogens is 2. The van der Waals surface area contributed by atoms with Gasteiger partial charge in [0, 0.05) is 32.7 Å². The summed E-state index contributed by atoms with van der Waals surface area (Å²) >= 11 is 0. The van der Waals surface area contributed by atoms with Crippen LogP contribution in [0.1, 0.15) is 26.2 Å². The van der Waals surface area contributed by atoms with E-state index in [2.05, 4.69) is 39.8 Å². The third kappa shape index (κ3) is 3.56. The van der Waals surface area contributed by atoms with Gasteiger partial charge in [0.2, 0.25) is 0 Å². The molecule has 1 aliphatic heterocycles. The van der Waals surface area contributed by atoms with Gasteiger partial charge in [-0.25, -0.2) is 9.97 Å². The van der Waals surface area contributed by atoms with Crippen LogP contribution in [0.25, 0.3) is 0 Å². The van der Waals surface area contributed by atoms with Crippen LogP contribution in [0.15, 0.2) is 12.4 Å². The van der Waals surface area contributed by atoms with Gasteiger partial charge in [-0.15, -0.1) is 0 Å². The number of nitrogens with two attached hydrogens (primary N) is 1. The molecule has 2 rings (SSSR count). The average Bonchev–Trinajstić information content (AvgIpc) is 2.48. The van der Waals surface area contributed by atoms with Crippen LogP contribution < -0.4 is 15.5 Å². The number of hydrogen-bond acceptors (Lipinski definition) is 5. The third-order valence-electron chi connectivity index (χ3n) is 4.02. The smallest absolute Gasteiger partial charge is 0.134 e. The Bertz CT molecular complexity index is 387. The SMILES string of the molecule is CCN(C)c1cc(N2CCC(CCN)CC2)ncn1. The van der Waals surface area contributed by atoms with Crippen LogP contribution >= 0.6 is 0 Å². The number of piperidine rings is 1. The summed E-state index contributed by atoms with van der Waals surface area (Å²) in [5, 5.41) is 0. The maximum atomic E-state index is 5.63. The summed E-state index contributed by atoms with van der Waals surface area (Å²) in [4.78, 5) is 13.2. The molecular weight excluding hydrogens is 238 g/mol. The molecule has 0 aliphatic carbocycles. The van der Waals surface area contributed by atoms with Gasteiger partial charge in [-0.3, -0.25) is 0 Å². The summed E-state index contributed by atoms with van der Waals surface area (Å²) in [5.41, 5.74) is 5.63. The lowest BCUT2D eigenvalue weighted by atomic mass is 9.94. The second kappa shape index (κ2) is 6.70. The summed E-state index contributed by atoms with van der Waals surface area (Å²) in [6.07, 6.45) is 5.27. The molecule has 0 spiro atoms. The van der Waals surface area contributed by atoms with E-state index in [0.29, 0.717) is 0 Å². The van der Waals surface area contributed by atoms with Gasteiger partial charge in [0.15, 0.2) is 0 Å². The lowest BCUT2D eigenvalue weighted by Gasteiger charge is -2.33. The number of anilines is 2. The van der Waals surface area contributed by atoms with E-state index in [-0.39, 0.29) is 0 Å². The van der Waals surface area contributed by atoms with E-state index in [4.69, 9.17) is 5.73 Å². The molecule has 2 heterocycles. The molecule has 1 saturated heterocycles. The molecule has 5 nitrogen and oxygen atoms in total. The zero-order valence-electron chi connectivity index (χ0n) is 12.0. The summed E-state index contributed by atoms with van der Waals surface area (Å²) in [6, 6.07) is 2.09. The first-order valence-corrected chi connectivity index (χ1v) is 7.22. The van der Waals surface area contributed by atoms with Crippen LogP contribution in [0.4, 0.5) is 11.6 Å². The molecule has 0 radical (unpaired) electrons. The van der Waals surface area contributed by atoms with Gasteiger partial charge in [-0.2, -0.15) is 0 Å². The molecule has 0 unspecified atom stereocenters. The van der Waals surface area contributed by atoms with Crippen molar-refractivity contribution in [3.63, 3.8) is 0 Å². The van der Waals surface area contributed by atoms with Crippen LogP contribution in [0.2, 0.25) is 0 Å². The van der Waals surface area contributed by atoms with Crippen LogP contribution in [-0.4, -0.2) is 43.2 Å². The molecule has 19 heavy (non-hydrogen) atoms. The van der Waals surface area contributed by atoms with Gasteiger partial charge in [-0.1, -0.05) is 0 Å². The minimum Gasteiger partial charge on any atom is -0.360 e. The van der Waals surface area contributed by atoms with Crippen molar-refractivity contribution in [1.82, 2.24) is 9.97 Å². The number of nitrogens with zero attached hydrogens (tertiary/aromatic N) is 4. The molecule has 0 aromatic carbocycles. The van der Waals surface area contributed by atoms with Gasteiger partial charge < -0.3 is 15.5 Å². The summed E-state index contributed by atoms with van der Waals surface area (Å²) in [5.74, 6) is 2.84. The van der Waals surface area contributed by atoms with Gasteiger partial charge in [0.1, 0.15) is 18.0 Å². The van der Waals surface area contributed by atoms with Crippen LogP contribution in [0, 0.1) is 5.92 Å². The Morgan fingerprint density at radius 1 is 1.37 bits per heavy atom. The number of hydrogen-bond donors (Lipinski definition) is 1. The maximum absolute atomic E-state index is 5.63. The third-order valence-corrected chi connectivity index (χ3v) is 4.02. The van der Waals surface area contributed by atoms with Gasteiger partial charge >= 0.3 is 0 Å².